The molecule has 1 rings (SSSR count). The second kappa shape index (κ2) is 12.4. The minimum Gasteiger partial charge on any atom is -0.330 e. The molecule has 2 N–H and O–H groups in total. The van der Waals surface area contributed by atoms with Crippen LogP contribution in [0.25, 0.3) is 0 Å². The van der Waals surface area contributed by atoms with Crippen LogP contribution in [0.5, 0.6) is 0 Å². The molecular weight excluding hydrogens is 237 g/mol. The van der Waals surface area contributed by atoms with Gasteiger partial charge in [0.2, 0.25) is 0 Å². The van der Waals surface area contributed by atoms with E-state index in [0.29, 0.717) is 12.3 Å². The van der Waals surface area contributed by atoms with Crippen molar-refractivity contribution >= 4 is 0 Å². The Morgan fingerprint density at radius 3 is 2.32 bits per heavy atom. The first-order valence-corrected chi connectivity index (χ1v) is 7.72. The van der Waals surface area contributed by atoms with Crippen molar-refractivity contribution in [3.8, 4) is 0 Å². The van der Waals surface area contributed by atoms with Crippen LogP contribution < -0.4 is 5.73 Å². The standard InChI is InChI=1S/C12H19F.C3H9N.C2H6/c1-4-10(2)11-6-5-8-12(3,13)9-7-11;1-2-3-4;1-2/h5,7-8,10H,4,6,9H2,1-3H3;2-4H2,1H3;1-2H3. The van der Waals surface area contributed by atoms with E-state index in [1.807, 2.05) is 19.9 Å². The molecule has 2 unspecified atom stereocenters. The van der Waals surface area contributed by atoms with E-state index in [1.54, 1.807) is 13.0 Å². The summed E-state index contributed by atoms with van der Waals surface area (Å²) in [6, 6.07) is 0. The van der Waals surface area contributed by atoms with Crippen molar-refractivity contribution in [3.05, 3.63) is 23.8 Å². The number of alkyl halides is 1. The molecular formula is C17H34FN. The highest BCUT2D eigenvalue weighted by Crippen LogP contribution is 2.27. The third-order valence-electron chi connectivity index (χ3n) is 3.12. The third kappa shape index (κ3) is 10.9. The van der Waals surface area contributed by atoms with Crippen molar-refractivity contribution in [2.45, 2.75) is 72.9 Å². The third-order valence-corrected chi connectivity index (χ3v) is 3.12. The monoisotopic (exact) mass is 271 g/mol. The summed E-state index contributed by atoms with van der Waals surface area (Å²) in [5.74, 6) is 0.596. The number of allylic oxidation sites excluding steroid dienone is 4. The lowest BCUT2D eigenvalue weighted by molar-refractivity contribution is 0.261. The van der Waals surface area contributed by atoms with Gasteiger partial charge >= 0.3 is 0 Å². The van der Waals surface area contributed by atoms with E-state index >= 15 is 0 Å². The maximum Gasteiger partial charge on any atom is 0.129 e. The summed E-state index contributed by atoms with van der Waals surface area (Å²) in [6.45, 7) is 12.9. The second-order valence-electron chi connectivity index (χ2n) is 4.97. The molecule has 0 saturated heterocycles. The van der Waals surface area contributed by atoms with Gasteiger partial charge in [0, 0.05) is 6.42 Å². The Morgan fingerprint density at radius 1 is 1.37 bits per heavy atom. The summed E-state index contributed by atoms with van der Waals surface area (Å²) < 4.78 is 13.5. The van der Waals surface area contributed by atoms with Gasteiger partial charge in [-0.2, -0.15) is 0 Å². The maximum absolute atomic E-state index is 13.5. The zero-order valence-electron chi connectivity index (χ0n) is 13.8. The van der Waals surface area contributed by atoms with Crippen LogP contribution in [0.1, 0.15) is 67.2 Å². The van der Waals surface area contributed by atoms with Gasteiger partial charge in [0.25, 0.3) is 0 Å². The summed E-state index contributed by atoms with van der Waals surface area (Å²) in [6.07, 6.45) is 9.43. The molecule has 0 radical (unpaired) electrons. The summed E-state index contributed by atoms with van der Waals surface area (Å²) in [5, 5.41) is 0. The number of hydrogen-bond donors (Lipinski definition) is 1. The van der Waals surface area contributed by atoms with Gasteiger partial charge < -0.3 is 5.73 Å². The predicted octanol–water partition coefficient (Wildman–Crippen LogP) is 5.42. The minimum absolute atomic E-state index is 0.531. The van der Waals surface area contributed by atoms with Gasteiger partial charge in [0.1, 0.15) is 5.67 Å². The zero-order chi connectivity index (χ0) is 15.3. The van der Waals surface area contributed by atoms with Gasteiger partial charge in [-0.15, -0.1) is 0 Å². The van der Waals surface area contributed by atoms with Gasteiger partial charge in [-0.25, -0.2) is 4.39 Å². The van der Waals surface area contributed by atoms with Gasteiger partial charge in [0.05, 0.1) is 0 Å². The van der Waals surface area contributed by atoms with Crippen LogP contribution in [0.4, 0.5) is 4.39 Å². The highest BCUT2D eigenvalue weighted by atomic mass is 19.1. The van der Waals surface area contributed by atoms with Gasteiger partial charge in [-0.05, 0) is 38.6 Å². The molecule has 2 atom stereocenters. The van der Waals surface area contributed by atoms with E-state index < -0.39 is 5.67 Å². The van der Waals surface area contributed by atoms with E-state index in [-0.39, 0.29) is 0 Å². The van der Waals surface area contributed by atoms with Crippen molar-refractivity contribution in [1.82, 2.24) is 0 Å². The highest BCUT2D eigenvalue weighted by Gasteiger charge is 2.20. The first-order chi connectivity index (χ1) is 8.96. The lowest BCUT2D eigenvalue weighted by atomic mass is 9.95. The number of nitrogens with two attached hydrogens (primary N) is 1. The van der Waals surface area contributed by atoms with Crippen molar-refractivity contribution in [2.75, 3.05) is 6.54 Å². The topological polar surface area (TPSA) is 26.0 Å². The summed E-state index contributed by atoms with van der Waals surface area (Å²) in [7, 11) is 0. The molecule has 0 spiro atoms. The molecule has 0 aromatic rings. The van der Waals surface area contributed by atoms with Crippen molar-refractivity contribution in [2.24, 2.45) is 11.7 Å². The molecule has 0 saturated carbocycles. The molecule has 1 aliphatic rings. The van der Waals surface area contributed by atoms with Crippen molar-refractivity contribution in [3.63, 3.8) is 0 Å². The number of rotatable bonds is 3. The summed E-state index contributed by atoms with van der Waals surface area (Å²) in [4.78, 5) is 0. The summed E-state index contributed by atoms with van der Waals surface area (Å²) >= 11 is 0. The highest BCUT2D eigenvalue weighted by molar-refractivity contribution is 5.18. The lowest BCUT2D eigenvalue weighted by Crippen LogP contribution is -2.11. The smallest absolute Gasteiger partial charge is 0.129 e. The second-order valence-corrected chi connectivity index (χ2v) is 4.97. The first kappa shape index (κ1) is 20.7. The molecule has 0 aromatic heterocycles. The average Bonchev–Trinajstić information content (AvgIpc) is 2.61. The minimum atomic E-state index is -1.13. The fourth-order valence-electron chi connectivity index (χ4n) is 1.59. The Bertz CT molecular complexity index is 252. The molecule has 1 aliphatic carbocycles. The molecule has 0 heterocycles. The quantitative estimate of drug-likeness (QED) is 0.682. The maximum atomic E-state index is 13.5. The molecule has 0 bridgehead atoms. The van der Waals surface area contributed by atoms with Gasteiger partial charge in [-0.3, -0.25) is 0 Å². The largest absolute Gasteiger partial charge is 0.330 e. The SMILES string of the molecule is CC.CCC(C)C1=CCC(C)(F)C=CC1.CCCN. The van der Waals surface area contributed by atoms with Gasteiger partial charge in [0.15, 0.2) is 0 Å². The molecule has 0 aliphatic heterocycles. The Morgan fingerprint density at radius 2 is 1.89 bits per heavy atom. The zero-order valence-corrected chi connectivity index (χ0v) is 13.8. The molecule has 114 valence electrons. The van der Waals surface area contributed by atoms with Crippen LogP contribution in [-0.2, 0) is 0 Å². The van der Waals surface area contributed by atoms with Crippen molar-refractivity contribution in [1.29, 1.82) is 0 Å². The van der Waals surface area contributed by atoms with Crippen LogP contribution in [-0.4, -0.2) is 12.2 Å². The lowest BCUT2D eigenvalue weighted by Gasteiger charge is -2.13. The Hall–Kier alpha value is -0.630. The average molecular weight is 271 g/mol. The van der Waals surface area contributed by atoms with E-state index in [9.17, 15) is 4.39 Å². The van der Waals surface area contributed by atoms with E-state index in [4.69, 9.17) is 5.73 Å². The fourth-order valence-corrected chi connectivity index (χ4v) is 1.59. The van der Waals surface area contributed by atoms with E-state index in [1.165, 1.54) is 5.57 Å². The summed E-state index contributed by atoms with van der Waals surface area (Å²) in [5.41, 5.74) is 5.29. The van der Waals surface area contributed by atoms with E-state index in [0.717, 1.165) is 25.8 Å². The van der Waals surface area contributed by atoms with Crippen LogP contribution in [0.15, 0.2) is 23.8 Å². The molecule has 0 fully saturated rings. The van der Waals surface area contributed by atoms with Crippen LogP contribution in [0, 0.1) is 5.92 Å². The Kier molecular flexibility index (Phi) is 13.5. The Balaban J connectivity index is 0. The molecule has 2 heteroatoms. The predicted molar refractivity (Wildman–Crippen MR) is 86.1 cm³/mol. The van der Waals surface area contributed by atoms with Crippen LogP contribution >= 0.6 is 0 Å². The van der Waals surface area contributed by atoms with Crippen molar-refractivity contribution < 1.29 is 4.39 Å². The Labute approximate surface area is 120 Å². The number of hydrogen-bond acceptors (Lipinski definition) is 1. The fraction of sp³-hybridized carbons (Fsp3) is 0.765. The first-order valence-electron chi connectivity index (χ1n) is 7.72. The number of halogens is 1. The molecule has 1 nitrogen and oxygen atoms in total. The normalized spacial score (nSPS) is 23.1. The van der Waals surface area contributed by atoms with Crippen LogP contribution in [0.3, 0.4) is 0 Å². The van der Waals surface area contributed by atoms with E-state index in [2.05, 4.69) is 26.8 Å². The molecule has 0 aromatic carbocycles. The van der Waals surface area contributed by atoms with Gasteiger partial charge in [-0.1, -0.05) is 58.4 Å². The molecule has 19 heavy (non-hydrogen) atoms. The van der Waals surface area contributed by atoms with Crippen LogP contribution in [0.2, 0.25) is 0 Å². The molecule has 0 amide bonds.